The fraction of sp³-hybridized carbons (Fsp3) is 0.161. The maximum absolute atomic E-state index is 4.58. The number of aliphatic imine (C=N–C) groups is 1. The standard InChI is InChI=1S/2C4H5N.C4H4O.3C3H4N2.2C3H3NO.4CH4/c3*1-2-4-5-3-1;2*1-2-5-3-4-1;1-2-4-5-3-1;2*1-2-5-3-4-1;;;;/h1,3-4H,2H2;1-5H;1-4H;3*1-3H,(H,4,5);2*1-3H;4*1H4. The van der Waals surface area contributed by atoms with Crippen LogP contribution >= 0.6 is 0 Å². The minimum atomic E-state index is 0. The third kappa shape index (κ3) is 38.2. The smallest absolute Gasteiger partial charge is 0.180 e. The Bertz CT molecular complexity index is 861. The zero-order chi connectivity index (χ0) is 28.3. The first-order valence-electron chi connectivity index (χ1n) is 11.6. The van der Waals surface area contributed by atoms with Crippen molar-refractivity contribution in [3.8, 4) is 0 Å². The molecule has 13 heteroatoms. The molecule has 0 unspecified atom stereocenters. The number of imidazole rings is 2. The first-order valence-corrected chi connectivity index (χ1v) is 11.6. The van der Waals surface area contributed by atoms with Crippen molar-refractivity contribution in [3.63, 3.8) is 0 Å². The highest BCUT2D eigenvalue weighted by atomic mass is 16.3. The number of nitrogens with zero attached hydrogens (tertiary/aromatic N) is 6. The Labute approximate surface area is 260 Å². The van der Waals surface area contributed by atoms with Gasteiger partial charge in [0.15, 0.2) is 12.8 Å². The van der Waals surface area contributed by atoms with Gasteiger partial charge in [0.25, 0.3) is 0 Å². The fourth-order valence-electron chi connectivity index (χ4n) is 1.81. The minimum absolute atomic E-state index is 0. The molecule has 0 saturated carbocycles. The van der Waals surface area contributed by atoms with Gasteiger partial charge in [-0.15, -0.1) is 0 Å². The number of hydrogen-bond donors (Lipinski definition) is 4. The van der Waals surface area contributed by atoms with Crippen LogP contribution in [-0.2, 0) is 0 Å². The number of allylic oxidation sites excluding steroid dienone is 1. The molecule has 0 atom stereocenters. The molecule has 0 bridgehead atoms. The van der Waals surface area contributed by atoms with E-state index in [1.807, 2.05) is 55.0 Å². The predicted molar refractivity (Wildman–Crippen MR) is 177 cm³/mol. The van der Waals surface area contributed by atoms with Gasteiger partial charge < -0.3 is 28.2 Å². The van der Waals surface area contributed by atoms with Gasteiger partial charge in [0, 0.05) is 68.4 Å². The largest absolute Gasteiger partial charge is 0.473 e. The molecule has 13 nitrogen and oxygen atoms in total. The van der Waals surface area contributed by atoms with E-state index in [1.54, 1.807) is 81.0 Å². The number of hydrogen-bond acceptors (Lipinski definition) is 9. The van der Waals surface area contributed by atoms with Crippen molar-refractivity contribution in [2.75, 3.05) is 0 Å². The van der Waals surface area contributed by atoms with E-state index in [4.69, 9.17) is 0 Å². The predicted octanol–water partition coefficient (Wildman–Crippen LogP) is 8.39. The summed E-state index contributed by atoms with van der Waals surface area (Å²) in [5, 5.41) is 6.21. The molecule has 7 aromatic heterocycles. The van der Waals surface area contributed by atoms with Crippen LogP contribution in [0.4, 0.5) is 0 Å². The van der Waals surface area contributed by atoms with Crippen LogP contribution in [0.25, 0.3) is 0 Å². The van der Waals surface area contributed by atoms with Gasteiger partial charge in [-0.3, -0.25) is 10.1 Å². The maximum Gasteiger partial charge on any atom is 0.180 e. The van der Waals surface area contributed by atoms with E-state index in [0.29, 0.717) is 0 Å². The van der Waals surface area contributed by atoms with Crippen LogP contribution in [0, 0.1) is 0 Å². The number of aromatic nitrogens is 9. The van der Waals surface area contributed by atoms with E-state index in [2.05, 4.69) is 63.3 Å². The first kappa shape index (κ1) is 45.0. The lowest BCUT2D eigenvalue weighted by molar-refractivity contribution is 0.557. The Morgan fingerprint density at radius 1 is 0.500 bits per heavy atom. The van der Waals surface area contributed by atoms with Gasteiger partial charge in [-0.05, 0) is 30.3 Å². The third-order valence-corrected chi connectivity index (χ3v) is 3.37. The molecule has 0 aromatic carbocycles. The fourth-order valence-corrected chi connectivity index (χ4v) is 1.81. The van der Waals surface area contributed by atoms with Crippen LogP contribution in [0.15, 0.2) is 173 Å². The zero-order valence-corrected chi connectivity index (χ0v) is 21.6. The number of rotatable bonds is 0. The van der Waals surface area contributed by atoms with Gasteiger partial charge in [-0.25, -0.2) is 19.9 Å². The molecule has 0 aliphatic carbocycles. The van der Waals surface area contributed by atoms with E-state index in [0.717, 1.165) is 6.42 Å². The lowest BCUT2D eigenvalue weighted by atomic mass is 10.5. The molecule has 0 amide bonds. The molecule has 0 spiro atoms. The topological polar surface area (TPSA) is 179 Å². The number of oxazole rings is 2. The summed E-state index contributed by atoms with van der Waals surface area (Å²) in [6, 6.07) is 9.39. The van der Waals surface area contributed by atoms with Crippen molar-refractivity contribution >= 4 is 6.21 Å². The summed E-state index contributed by atoms with van der Waals surface area (Å²) in [5.74, 6) is 0. The second kappa shape index (κ2) is 41.5. The van der Waals surface area contributed by atoms with E-state index in [1.165, 1.54) is 25.3 Å². The van der Waals surface area contributed by atoms with Crippen molar-refractivity contribution in [1.82, 2.24) is 45.1 Å². The second-order valence-electron chi connectivity index (χ2n) is 6.27. The van der Waals surface area contributed by atoms with Gasteiger partial charge in [0.05, 0.1) is 37.6 Å². The highest BCUT2D eigenvalue weighted by Crippen LogP contribution is 1.86. The molecule has 4 N–H and O–H groups in total. The Balaban J connectivity index is -0.000000205. The maximum atomic E-state index is 4.58. The summed E-state index contributed by atoms with van der Waals surface area (Å²) in [5.41, 5.74) is 0. The monoisotopic (exact) mass is 608 g/mol. The molecule has 1 aliphatic heterocycles. The van der Waals surface area contributed by atoms with Crippen molar-refractivity contribution in [2.24, 2.45) is 4.99 Å². The zero-order valence-electron chi connectivity index (χ0n) is 21.6. The van der Waals surface area contributed by atoms with Crippen molar-refractivity contribution < 1.29 is 13.3 Å². The molecule has 240 valence electrons. The van der Waals surface area contributed by atoms with Crippen molar-refractivity contribution in [1.29, 1.82) is 0 Å². The summed E-state index contributed by atoms with van der Waals surface area (Å²) >= 11 is 0. The van der Waals surface area contributed by atoms with Crippen LogP contribution in [0.5, 0.6) is 0 Å². The van der Waals surface area contributed by atoms with E-state index >= 15 is 0 Å². The Morgan fingerprint density at radius 2 is 1.09 bits per heavy atom. The summed E-state index contributed by atoms with van der Waals surface area (Å²) in [7, 11) is 0. The van der Waals surface area contributed by atoms with Gasteiger partial charge in [-0.1, -0.05) is 35.8 Å². The van der Waals surface area contributed by atoms with E-state index < -0.39 is 0 Å². The number of furan rings is 1. The third-order valence-electron chi connectivity index (χ3n) is 3.37. The second-order valence-corrected chi connectivity index (χ2v) is 6.27. The first-order chi connectivity index (χ1) is 20.0. The molecule has 0 saturated heterocycles. The van der Waals surface area contributed by atoms with Crippen LogP contribution in [0.1, 0.15) is 36.1 Å². The lowest BCUT2D eigenvalue weighted by Gasteiger charge is -1.54. The average Bonchev–Trinajstić information content (AvgIpc) is 3.95. The van der Waals surface area contributed by atoms with Crippen LogP contribution in [0.2, 0.25) is 0 Å². The highest BCUT2D eigenvalue weighted by molar-refractivity contribution is 5.62. The number of H-pyrrole nitrogens is 4. The molecule has 44 heavy (non-hydrogen) atoms. The summed E-state index contributed by atoms with van der Waals surface area (Å²) in [6.07, 6.45) is 36.3. The minimum Gasteiger partial charge on any atom is -0.473 e. The van der Waals surface area contributed by atoms with Crippen molar-refractivity contribution in [2.45, 2.75) is 36.1 Å². The molecule has 0 fully saturated rings. The SMILES string of the molecule is C.C.C.C.C1=CN=CC1.c1c[nH]cn1.c1c[nH]cn1.c1cc[nH]c1.c1ccoc1.c1cn[nH]c1.c1cocn1.c1cocn1. The highest BCUT2D eigenvalue weighted by Gasteiger charge is 1.73. The van der Waals surface area contributed by atoms with Gasteiger partial charge in [0.2, 0.25) is 0 Å². The van der Waals surface area contributed by atoms with E-state index in [-0.39, 0.29) is 29.7 Å². The van der Waals surface area contributed by atoms with Crippen LogP contribution in [0.3, 0.4) is 0 Å². The van der Waals surface area contributed by atoms with Crippen LogP contribution in [-0.4, -0.2) is 51.3 Å². The normalized spacial score (nSPS) is 8.36. The molecule has 7 aromatic rings. The van der Waals surface area contributed by atoms with Gasteiger partial charge in [0.1, 0.15) is 12.5 Å². The number of nitrogens with one attached hydrogen (secondary N) is 4. The summed E-state index contributed by atoms with van der Waals surface area (Å²) in [6.45, 7) is 0. The summed E-state index contributed by atoms with van der Waals surface area (Å²) in [4.78, 5) is 26.6. The molecular weight excluding hydrogens is 560 g/mol. The lowest BCUT2D eigenvalue weighted by Crippen LogP contribution is -1.53. The molecule has 8 rings (SSSR count). The van der Waals surface area contributed by atoms with Gasteiger partial charge in [-0.2, -0.15) is 5.10 Å². The molecule has 8 heterocycles. The molecular formula is C31H48N10O3. The Kier molecular flexibility index (Phi) is 42.5. The summed E-state index contributed by atoms with van der Waals surface area (Å²) < 4.78 is 13.5. The molecule has 0 radical (unpaired) electrons. The molecule has 1 aliphatic rings. The Morgan fingerprint density at radius 3 is 1.23 bits per heavy atom. The van der Waals surface area contributed by atoms with E-state index in [9.17, 15) is 0 Å². The average molecular weight is 609 g/mol. The van der Waals surface area contributed by atoms with Gasteiger partial charge >= 0.3 is 0 Å². The van der Waals surface area contributed by atoms with Crippen LogP contribution < -0.4 is 0 Å². The Hall–Kier alpha value is -5.98. The quantitative estimate of drug-likeness (QED) is 0.132. The van der Waals surface area contributed by atoms with Crippen molar-refractivity contribution in [3.05, 3.63) is 155 Å². The number of aromatic amines is 4.